The Kier molecular flexibility index (Phi) is 3.89. The summed E-state index contributed by atoms with van der Waals surface area (Å²) in [6.07, 6.45) is 0.523. The number of thiophene rings is 2. The fourth-order valence-corrected chi connectivity index (χ4v) is 2.93. The second-order valence-corrected chi connectivity index (χ2v) is 5.87. The van der Waals surface area contributed by atoms with Gasteiger partial charge in [-0.25, -0.2) is 0 Å². The molecule has 3 aromatic rings. The molecule has 0 saturated heterocycles. The van der Waals surface area contributed by atoms with E-state index in [1.807, 2.05) is 29.0 Å². The van der Waals surface area contributed by atoms with Gasteiger partial charge in [0.25, 0.3) is 5.91 Å². The zero-order chi connectivity index (χ0) is 13.8. The van der Waals surface area contributed by atoms with E-state index in [4.69, 9.17) is 4.52 Å². The third kappa shape index (κ3) is 2.94. The minimum absolute atomic E-state index is 0.0713. The molecule has 0 saturated carbocycles. The standard InChI is InChI=1S/C13H11N3O2S2/c17-13(10-4-2-8-20-10)14-6-5-11-15-12(16-18-11)9-3-1-7-19-9/h1-4,7-8H,5-6H2,(H,14,17). The van der Waals surface area contributed by atoms with Crippen LogP contribution in [0.15, 0.2) is 39.5 Å². The topological polar surface area (TPSA) is 68.0 Å². The van der Waals surface area contributed by atoms with Crippen LogP contribution in [-0.4, -0.2) is 22.6 Å². The fraction of sp³-hybridized carbons (Fsp3) is 0.154. The normalized spacial score (nSPS) is 10.6. The Hall–Kier alpha value is -1.99. The molecule has 5 nitrogen and oxygen atoms in total. The van der Waals surface area contributed by atoms with Crippen molar-refractivity contribution in [2.24, 2.45) is 0 Å². The first-order chi connectivity index (χ1) is 9.83. The van der Waals surface area contributed by atoms with E-state index in [1.54, 1.807) is 17.4 Å². The lowest BCUT2D eigenvalue weighted by Gasteiger charge is -2.00. The van der Waals surface area contributed by atoms with Gasteiger partial charge < -0.3 is 9.84 Å². The van der Waals surface area contributed by atoms with Crippen molar-refractivity contribution >= 4 is 28.6 Å². The summed E-state index contributed by atoms with van der Waals surface area (Å²) in [6, 6.07) is 7.53. The molecule has 1 amide bonds. The Morgan fingerprint density at radius 1 is 1.25 bits per heavy atom. The quantitative estimate of drug-likeness (QED) is 0.787. The molecule has 20 heavy (non-hydrogen) atoms. The Morgan fingerprint density at radius 3 is 2.85 bits per heavy atom. The van der Waals surface area contributed by atoms with Gasteiger partial charge in [0.1, 0.15) is 0 Å². The molecule has 0 fully saturated rings. The van der Waals surface area contributed by atoms with Gasteiger partial charge in [0.05, 0.1) is 9.75 Å². The van der Waals surface area contributed by atoms with Crippen LogP contribution in [0.4, 0.5) is 0 Å². The number of carbonyl (C=O) groups excluding carboxylic acids is 1. The number of nitrogens with one attached hydrogen (secondary N) is 1. The van der Waals surface area contributed by atoms with Gasteiger partial charge in [0.2, 0.25) is 11.7 Å². The highest BCUT2D eigenvalue weighted by molar-refractivity contribution is 7.13. The molecule has 0 aliphatic carbocycles. The predicted octanol–water partition coefficient (Wildman–Crippen LogP) is 2.83. The fourth-order valence-electron chi connectivity index (χ4n) is 1.64. The first-order valence-electron chi connectivity index (χ1n) is 6.01. The van der Waals surface area contributed by atoms with E-state index >= 15 is 0 Å². The van der Waals surface area contributed by atoms with Crippen LogP contribution >= 0.6 is 22.7 Å². The molecular formula is C13H11N3O2S2. The Morgan fingerprint density at radius 2 is 2.10 bits per heavy atom. The zero-order valence-corrected chi connectivity index (χ0v) is 12.0. The van der Waals surface area contributed by atoms with Gasteiger partial charge in [0.15, 0.2) is 0 Å². The molecule has 3 heterocycles. The predicted molar refractivity (Wildman–Crippen MR) is 78.0 cm³/mol. The summed E-state index contributed by atoms with van der Waals surface area (Å²) in [7, 11) is 0. The number of hydrogen-bond acceptors (Lipinski definition) is 6. The Balaban J connectivity index is 1.53. The minimum atomic E-state index is -0.0713. The van der Waals surface area contributed by atoms with Gasteiger partial charge in [-0.1, -0.05) is 17.3 Å². The van der Waals surface area contributed by atoms with E-state index in [9.17, 15) is 4.79 Å². The Labute approximate surface area is 123 Å². The van der Waals surface area contributed by atoms with Crippen molar-refractivity contribution in [1.29, 1.82) is 0 Å². The second-order valence-electron chi connectivity index (χ2n) is 3.97. The van der Waals surface area contributed by atoms with E-state index in [1.165, 1.54) is 11.3 Å². The summed E-state index contributed by atoms with van der Waals surface area (Å²) in [5.41, 5.74) is 0. The first kappa shape index (κ1) is 13.0. The molecule has 0 radical (unpaired) electrons. The van der Waals surface area contributed by atoms with Crippen LogP contribution in [0.1, 0.15) is 15.6 Å². The maximum absolute atomic E-state index is 11.7. The lowest BCUT2D eigenvalue weighted by molar-refractivity contribution is 0.0957. The van der Waals surface area contributed by atoms with E-state index in [0.717, 1.165) is 4.88 Å². The summed E-state index contributed by atoms with van der Waals surface area (Å²) in [6.45, 7) is 0.475. The summed E-state index contributed by atoms with van der Waals surface area (Å²) in [5, 5.41) is 10.6. The molecule has 0 bridgehead atoms. The van der Waals surface area contributed by atoms with Crippen LogP contribution in [0.3, 0.4) is 0 Å². The van der Waals surface area contributed by atoms with Gasteiger partial charge in [-0.3, -0.25) is 4.79 Å². The molecule has 0 spiro atoms. The maximum Gasteiger partial charge on any atom is 0.261 e. The van der Waals surface area contributed by atoms with Crippen LogP contribution in [0, 0.1) is 0 Å². The number of nitrogens with zero attached hydrogens (tertiary/aromatic N) is 2. The van der Waals surface area contributed by atoms with Gasteiger partial charge in [-0.2, -0.15) is 4.98 Å². The summed E-state index contributed by atoms with van der Waals surface area (Å²) >= 11 is 2.98. The molecule has 3 rings (SSSR count). The van der Waals surface area contributed by atoms with Gasteiger partial charge in [0, 0.05) is 13.0 Å². The maximum atomic E-state index is 11.7. The highest BCUT2D eigenvalue weighted by Gasteiger charge is 2.10. The smallest absolute Gasteiger partial charge is 0.261 e. The molecule has 3 aromatic heterocycles. The van der Waals surface area contributed by atoms with E-state index in [2.05, 4.69) is 15.5 Å². The molecule has 7 heteroatoms. The highest BCUT2D eigenvalue weighted by atomic mass is 32.1. The molecule has 0 aliphatic heterocycles. The number of amides is 1. The minimum Gasteiger partial charge on any atom is -0.351 e. The third-order valence-corrected chi connectivity index (χ3v) is 4.31. The average molecular weight is 305 g/mol. The van der Waals surface area contributed by atoms with Crippen molar-refractivity contribution in [2.75, 3.05) is 6.54 Å². The van der Waals surface area contributed by atoms with E-state index in [0.29, 0.717) is 29.6 Å². The molecule has 102 valence electrons. The molecule has 1 N–H and O–H groups in total. The number of carbonyl (C=O) groups is 1. The van der Waals surface area contributed by atoms with Crippen molar-refractivity contribution in [3.8, 4) is 10.7 Å². The molecule has 0 aromatic carbocycles. The van der Waals surface area contributed by atoms with E-state index in [-0.39, 0.29) is 5.91 Å². The largest absolute Gasteiger partial charge is 0.351 e. The molecule has 0 atom stereocenters. The molecular weight excluding hydrogens is 294 g/mol. The lowest BCUT2D eigenvalue weighted by atomic mass is 10.4. The van der Waals surface area contributed by atoms with Crippen LogP contribution in [0.2, 0.25) is 0 Å². The second kappa shape index (κ2) is 5.98. The van der Waals surface area contributed by atoms with Gasteiger partial charge in [-0.05, 0) is 22.9 Å². The summed E-state index contributed by atoms with van der Waals surface area (Å²) in [4.78, 5) is 17.7. The van der Waals surface area contributed by atoms with Crippen molar-refractivity contribution in [3.05, 3.63) is 45.8 Å². The zero-order valence-electron chi connectivity index (χ0n) is 10.4. The van der Waals surface area contributed by atoms with Crippen molar-refractivity contribution in [3.63, 3.8) is 0 Å². The third-order valence-electron chi connectivity index (χ3n) is 2.58. The SMILES string of the molecule is O=C(NCCc1nc(-c2cccs2)no1)c1cccs1. The summed E-state index contributed by atoms with van der Waals surface area (Å²) in [5.74, 6) is 1.05. The molecule has 0 unspecified atom stereocenters. The van der Waals surface area contributed by atoms with Gasteiger partial charge in [-0.15, -0.1) is 22.7 Å². The van der Waals surface area contributed by atoms with E-state index < -0.39 is 0 Å². The highest BCUT2D eigenvalue weighted by Crippen LogP contribution is 2.21. The van der Waals surface area contributed by atoms with Crippen molar-refractivity contribution in [2.45, 2.75) is 6.42 Å². The lowest BCUT2D eigenvalue weighted by Crippen LogP contribution is -2.24. The van der Waals surface area contributed by atoms with Crippen LogP contribution < -0.4 is 5.32 Å². The van der Waals surface area contributed by atoms with Crippen molar-refractivity contribution < 1.29 is 9.32 Å². The van der Waals surface area contributed by atoms with Crippen LogP contribution in [0.5, 0.6) is 0 Å². The number of hydrogen-bond donors (Lipinski definition) is 1. The van der Waals surface area contributed by atoms with Crippen molar-refractivity contribution in [1.82, 2.24) is 15.5 Å². The average Bonchev–Trinajstić information content (AvgIpc) is 3.20. The molecule has 0 aliphatic rings. The van der Waals surface area contributed by atoms with Crippen LogP contribution in [0.25, 0.3) is 10.7 Å². The number of rotatable bonds is 5. The number of aromatic nitrogens is 2. The van der Waals surface area contributed by atoms with Gasteiger partial charge >= 0.3 is 0 Å². The van der Waals surface area contributed by atoms with Crippen LogP contribution in [-0.2, 0) is 6.42 Å². The monoisotopic (exact) mass is 305 g/mol. The Bertz CT molecular complexity index is 674. The first-order valence-corrected chi connectivity index (χ1v) is 7.77. The summed E-state index contributed by atoms with van der Waals surface area (Å²) < 4.78 is 5.16.